The molecule has 4 aliphatic rings. The molecule has 1 N–H and O–H groups in total. The first-order valence-electron chi connectivity index (χ1n) is 8.60. The smallest absolute Gasteiger partial charge is 0.226 e. The Bertz CT molecular complexity index is 562. The number of amides is 1. The summed E-state index contributed by atoms with van der Waals surface area (Å²) in [5.41, 5.74) is 1.02. The Labute approximate surface area is 137 Å². The van der Waals surface area contributed by atoms with E-state index in [0.717, 1.165) is 47.6 Å². The molecule has 0 aliphatic heterocycles. The van der Waals surface area contributed by atoms with Crippen molar-refractivity contribution in [2.24, 2.45) is 23.2 Å². The number of hydrogen-bond donors (Lipinski definition) is 1. The van der Waals surface area contributed by atoms with Crippen LogP contribution in [0.1, 0.15) is 57.1 Å². The second kappa shape index (κ2) is 5.26. The molecule has 22 heavy (non-hydrogen) atoms. The highest BCUT2D eigenvalue weighted by atomic mass is 35.5. The van der Waals surface area contributed by atoms with Crippen LogP contribution in [0.15, 0.2) is 24.3 Å². The highest BCUT2D eigenvalue weighted by Crippen LogP contribution is 2.60. The minimum Gasteiger partial charge on any atom is -0.349 e. The van der Waals surface area contributed by atoms with E-state index in [-0.39, 0.29) is 11.5 Å². The van der Waals surface area contributed by atoms with E-state index in [4.69, 9.17) is 11.6 Å². The lowest BCUT2D eigenvalue weighted by molar-refractivity contribution is -0.147. The topological polar surface area (TPSA) is 29.1 Å². The number of benzene rings is 1. The molecule has 2 nitrogen and oxygen atoms in total. The molecule has 1 amide bonds. The monoisotopic (exact) mass is 317 g/mol. The number of rotatable bonds is 3. The minimum atomic E-state index is -0.0679. The van der Waals surface area contributed by atoms with Gasteiger partial charge in [0.25, 0.3) is 0 Å². The van der Waals surface area contributed by atoms with Crippen molar-refractivity contribution in [3.05, 3.63) is 34.9 Å². The van der Waals surface area contributed by atoms with Crippen molar-refractivity contribution >= 4 is 17.5 Å². The second-order valence-electron chi connectivity index (χ2n) is 7.95. The Balaban J connectivity index is 1.50. The Morgan fingerprint density at radius 1 is 1.18 bits per heavy atom. The highest BCUT2D eigenvalue weighted by Gasteiger charge is 2.54. The predicted octanol–water partition coefficient (Wildman–Crippen LogP) is 4.73. The van der Waals surface area contributed by atoms with E-state index >= 15 is 0 Å². The molecule has 0 spiro atoms. The van der Waals surface area contributed by atoms with Crippen LogP contribution in [-0.4, -0.2) is 5.91 Å². The average Bonchev–Trinajstić information content (AvgIpc) is 2.45. The van der Waals surface area contributed by atoms with Crippen molar-refractivity contribution in [2.75, 3.05) is 0 Å². The summed E-state index contributed by atoms with van der Waals surface area (Å²) in [7, 11) is 0. The lowest BCUT2D eigenvalue weighted by Gasteiger charge is -2.55. The number of nitrogens with one attached hydrogen (secondary N) is 1. The molecule has 0 heterocycles. The zero-order valence-electron chi connectivity index (χ0n) is 13.1. The molecule has 3 heteroatoms. The predicted molar refractivity (Wildman–Crippen MR) is 88.6 cm³/mol. The van der Waals surface area contributed by atoms with Gasteiger partial charge in [-0.3, -0.25) is 4.79 Å². The third kappa shape index (κ3) is 2.46. The molecule has 4 fully saturated rings. The minimum absolute atomic E-state index is 0.0270. The van der Waals surface area contributed by atoms with Crippen molar-refractivity contribution < 1.29 is 4.79 Å². The van der Waals surface area contributed by atoms with Crippen LogP contribution in [0.2, 0.25) is 5.02 Å². The van der Waals surface area contributed by atoms with Gasteiger partial charge in [-0.2, -0.15) is 0 Å². The number of halogens is 1. The van der Waals surface area contributed by atoms with Gasteiger partial charge in [0.1, 0.15) is 0 Å². The molecular weight excluding hydrogens is 294 g/mol. The summed E-state index contributed by atoms with van der Waals surface area (Å²) in [5.74, 6) is 2.70. The molecule has 1 aromatic carbocycles. The highest BCUT2D eigenvalue weighted by molar-refractivity contribution is 6.30. The largest absolute Gasteiger partial charge is 0.349 e. The van der Waals surface area contributed by atoms with Crippen LogP contribution >= 0.6 is 11.6 Å². The van der Waals surface area contributed by atoms with Gasteiger partial charge >= 0.3 is 0 Å². The van der Waals surface area contributed by atoms with Crippen LogP contribution in [0.4, 0.5) is 0 Å². The summed E-state index contributed by atoms with van der Waals surface area (Å²) in [6.45, 7) is 2.06. The van der Waals surface area contributed by atoms with E-state index in [1.54, 1.807) is 0 Å². The first-order valence-corrected chi connectivity index (χ1v) is 8.98. The molecule has 4 saturated carbocycles. The van der Waals surface area contributed by atoms with Gasteiger partial charge in [0.15, 0.2) is 0 Å². The van der Waals surface area contributed by atoms with Crippen molar-refractivity contribution in [1.29, 1.82) is 0 Å². The van der Waals surface area contributed by atoms with E-state index < -0.39 is 0 Å². The lowest BCUT2D eigenvalue weighted by atomic mass is 9.49. The van der Waals surface area contributed by atoms with Crippen molar-refractivity contribution in [2.45, 2.75) is 51.5 Å². The molecule has 4 aliphatic carbocycles. The number of hydrogen-bond acceptors (Lipinski definition) is 1. The van der Waals surface area contributed by atoms with Gasteiger partial charge < -0.3 is 5.32 Å². The maximum Gasteiger partial charge on any atom is 0.226 e. The molecule has 1 atom stereocenters. The van der Waals surface area contributed by atoms with Gasteiger partial charge in [-0.1, -0.05) is 23.7 Å². The lowest BCUT2D eigenvalue weighted by Crippen LogP contribution is -2.53. The standard InChI is InChI=1S/C19H24ClNO/c1-12(16-3-2-4-17(20)8-16)21-18(22)19-9-13-5-14(10-19)7-15(6-13)11-19/h2-4,8,12-15H,5-7,9-11H2,1H3,(H,21,22). The molecule has 0 radical (unpaired) electrons. The molecule has 0 saturated heterocycles. The summed E-state index contributed by atoms with van der Waals surface area (Å²) in [5, 5.41) is 4.01. The second-order valence-corrected chi connectivity index (χ2v) is 8.38. The summed E-state index contributed by atoms with van der Waals surface area (Å²) in [6.07, 6.45) is 7.47. The Morgan fingerprint density at radius 3 is 2.32 bits per heavy atom. The fraction of sp³-hybridized carbons (Fsp3) is 0.632. The Kier molecular flexibility index (Phi) is 3.48. The summed E-state index contributed by atoms with van der Waals surface area (Å²) < 4.78 is 0. The van der Waals surface area contributed by atoms with Gasteiger partial charge in [-0.15, -0.1) is 0 Å². The third-order valence-electron chi connectivity index (χ3n) is 6.22. The zero-order valence-corrected chi connectivity index (χ0v) is 13.9. The van der Waals surface area contributed by atoms with E-state index in [9.17, 15) is 4.79 Å². The normalized spacial score (nSPS) is 37.1. The fourth-order valence-corrected chi connectivity index (χ4v) is 5.80. The van der Waals surface area contributed by atoms with Crippen LogP contribution in [0.25, 0.3) is 0 Å². The van der Waals surface area contributed by atoms with Gasteiger partial charge in [-0.05, 0) is 80.9 Å². The van der Waals surface area contributed by atoms with E-state index in [2.05, 4.69) is 12.2 Å². The Hall–Kier alpha value is -1.02. The molecule has 5 rings (SSSR count). The van der Waals surface area contributed by atoms with Crippen LogP contribution in [0.5, 0.6) is 0 Å². The first kappa shape index (κ1) is 14.6. The zero-order chi connectivity index (χ0) is 15.3. The third-order valence-corrected chi connectivity index (χ3v) is 6.45. The van der Waals surface area contributed by atoms with Gasteiger partial charge in [0.2, 0.25) is 5.91 Å². The van der Waals surface area contributed by atoms with Crippen LogP contribution in [0.3, 0.4) is 0 Å². The molecule has 1 unspecified atom stereocenters. The Morgan fingerprint density at radius 2 is 1.77 bits per heavy atom. The van der Waals surface area contributed by atoms with Crippen molar-refractivity contribution in [3.8, 4) is 0 Å². The van der Waals surface area contributed by atoms with Gasteiger partial charge in [-0.25, -0.2) is 0 Å². The molecule has 0 aromatic heterocycles. The van der Waals surface area contributed by atoms with E-state index in [1.165, 1.54) is 19.3 Å². The van der Waals surface area contributed by atoms with Gasteiger partial charge in [0.05, 0.1) is 6.04 Å². The quantitative estimate of drug-likeness (QED) is 0.857. The van der Waals surface area contributed by atoms with Crippen LogP contribution in [-0.2, 0) is 4.79 Å². The maximum absolute atomic E-state index is 13.0. The van der Waals surface area contributed by atoms with Crippen molar-refractivity contribution in [3.63, 3.8) is 0 Å². The number of carbonyl (C=O) groups excluding carboxylic acids is 1. The first-order chi connectivity index (χ1) is 10.5. The van der Waals surface area contributed by atoms with Crippen LogP contribution in [0, 0.1) is 23.2 Å². The molecule has 4 bridgehead atoms. The molecular formula is C19H24ClNO. The van der Waals surface area contributed by atoms with Crippen molar-refractivity contribution in [1.82, 2.24) is 5.32 Å². The molecule has 118 valence electrons. The van der Waals surface area contributed by atoms with E-state index in [0.29, 0.717) is 5.91 Å². The summed E-state index contributed by atoms with van der Waals surface area (Å²) >= 11 is 6.07. The van der Waals surface area contributed by atoms with Gasteiger partial charge in [0, 0.05) is 10.4 Å². The summed E-state index contributed by atoms with van der Waals surface area (Å²) in [6, 6.07) is 7.84. The maximum atomic E-state index is 13.0. The fourth-order valence-electron chi connectivity index (χ4n) is 5.60. The number of carbonyl (C=O) groups is 1. The SMILES string of the molecule is CC(NC(=O)C12CC3CC(CC(C3)C1)C2)c1cccc(Cl)c1. The summed E-state index contributed by atoms with van der Waals surface area (Å²) in [4.78, 5) is 13.0. The van der Waals surface area contributed by atoms with Crippen LogP contribution < -0.4 is 5.32 Å². The van der Waals surface area contributed by atoms with E-state index in [1.807, 2.05) is 24.3 Å². The molecule has 1 aromatic rings. The average molecular weight is 318 g/mol.